The van der Waals surface area contributed by atoms with E-state index in [9.17, 15) is 14.9 Å². The third-order valence-corrected chi connectivity index (χ3v) is 10.5. The van der Waals surface area contributed by atoms with Crippen LogP contribution in [0.3, 0.4) is 0 Å². The van der Waals surface area contributed by atoms with Crippen molar-refractivity contribution >= 4 is 48.7 Å². The van der Waals surface area contributed by atoms with Gasteiger partial charge in [0, 0.05) is 62.3 Å². The van der Waals surface area contributed by atoms with Gasteiger partial charge in [0.05, 0.1) is 33.9 Å². The lowest BCUT2D eigenvalue weighted by molar-refractivity contribution is -0.384. The fourth-order valence-corrected chi connectivity index (χ4v) is 7.66. The molecule has 0 fully saturated rings. The van der Waals surface area contributed by atoms with Gasteiger partial charge in [-0.3, -0.25) is 10.1 Å². The first-order chi connectivity index (χ1) is 23.3. The monoisotopic (exact) mass is 677 g/mol. The van der Waals surface area contributed by atoms with Gasteiger partial charge in [0.25, 0.3) is 5.69 Å². The Morgan fingerprint density at radius 2 is 1.56 bits per heavy atom. The van der Waals surface area contributed by atoms with Crippen molar-refractivity contribution in [2.24, 2.45) is 10.2 Å². The van der Waals surface area contributed by atoms with E-state index in [0.29, 0.717) is 73.6 Å². The van der Waals surface area contributed by atoms with Gasteiger partial charge in [0.15, 0.2) is 0 Å². The van der Waals surface area contributed by atoms with Gasteiger partial charge in [-0.1, -0.05) is 0 Å². The van der Waals surface area contributed by atoms with Crippen molar-refractivity contribution in [3.63, 3.8) is 0 Å². The topological polar surface area (TPSA) is 166 Å². The van der Waals surface area contributed by atoms with Gasteiger partial charge in [-0.15, -0.1) is 0 Å². The maximum absolute atomic E-state index is 12.3. The molecule has 4 aromatic rings. The lowest BCUT2D eigenvalue weighted by Crippen LogP contribution is -2.46. The lowest BCUT2D eigenvalue weighted by atomic mass is 10.2. The number of H-pyrrole nitrogens is 1. The molecule has 0 aliphatic rings. The number of azo groups is 1. The van der Waals surface area contributed by atoms with E-state index in [1.165, 1.54) is 12.1 Å². The number of amides is 1. The molecule has 15 heteroatoms. The summed E-state index contributed by atoms with van der Waals surface area (Å²) in [5.41, 5.74) is 4.41. The van der Waals surface area contributed by atoms with Crippen molar-refractivity contribution in [1.82, 2.24) is 15.3 Å². The molecule has 0 aliphatic heterocycles. The summed E-state index contributed by atoms with van der Waals surface area (Å²) in [5, 5.41) is 22.6. The number of hydrogen-bond acceptors (Lipinski definition) is 11. The van der Waals surface area contributed by atoms with Crippen LogP contribution in [0.15, 0.2) is 77.0 Å². The van der Waals surface area contributed by atoms with Gasteiger partial charge in [-0.2, -0.15) is 10.2 Å². The molecule has 0 spiro atoms. The van der Waals surface area contributed by atoms with E-state index in [2.05, 4.69) is 30.4 Å². The highest BCUT2D eigenvalue weighted by molar-refractivity contribution is 6.60. The minimum atomic E-state index is -2.73. The number of rotatable bonds is 19. The molecule has 2 N–H and O–H groups in total. The van der Waals surface area contributed by atoms with Crippen LogP contribution in [-0.2, 0) is 18.0 Å². The van der Waals surface area contributed by atoms with Gasteiger partial charge in [-0.25, -0.2) is 9.78 Å². The number of anilines is 1. The second kappa shape index (κ2) is 18.0. The standard InChI is InChI=1S/C33H43N7O7Si/c1-5-39(21-22-44-33(41)34-20-9-23-48(45-6-2,46-7-3)47-8-4)28-16-14-27(15-17-28)38-37-26-12-10-25(11-13-26)32-35-30-19-18-29(40(42)43)24-31(30)36-32/h10-19,24H,5-9,20-23H2,1-4H3,(H,34,41)(H,35,36). The van der Waals surface area contributed by atoms with E-state index in [-0.39, 0.29) is 12.3 Å². The highest BCUT2D eigenvalue weighted by atomic mass is 28.4. The van der Waals surface area contributed by atoms with Crippen molar-refractivity contribution in [3.8, 4) is 11.4 Å². The molecular formula is C33H43N7O7Si. The number of ether oxygens (including phenoxy) is 1. The number of imidazole rings is 1. The number of aromatic nitrogens is 2. The Bertz CT molecular complexity index is 1630. The summed E-state index contributed by atoms with van der Waals surface area (Å²) < 4.78 is 23.0. The fraction of sp³-hybridized carbons (Fsp3) is 0.394. The highest BCUT2D eigenvalue weighted by Gasteiger charge is 2.39. The molecule has 0 atom stereocenters. The smallest absolute Gasteiger partial charge is 0.448 e. The van der Waals surface area contributed by atoms with Crippen LogP contribution in [0.2, 0.25) is 6.04 Å². The maximum Gasteiger partial charge on any atom is 0.500 e. The molecule has 48 heavy (non-hydrogen) atoms. The number of alkyl carbamates (subject to hydrolysis) is 1. The number of nitrogens with zero attached hydrogens (tertiary/aromatic N) is 5. The molecule has 0 radical (unpaired) electrons. The summed E-state index contributed by atoms with van der Waals surface area (Å²) in [6.45, 7) is 11.3. The van der Waals surface area contributed by atoms with Crippen LogP contribution >= 0.6 is 0 Å². The van der Waals surface area contributed by atoms with Crippen molar-refractivity contribution in [3.05, 3.63) is 76.8 Å². The molecule has 0 bridgehead atoms. The third-order valence-electron chi connectivity index (χ3n) is 7.31. The average molecular weight is 678 g/mol. The molecular weight excluding hydrogens is 634 g/mol. The van der Waals surface area contributed by atoms with Crippen LogP contribution in [0.25, 0.3) is 22.4 Å². The van der Waals surface area contributed by atoms with Crippen LogP contribution in [0.5, 0.6) is 0 Å². The zero-order chi connectivity index (χ0) is 34.4. The zero-order valence-electron chi connectivity index (χ0n) is 27.8. The van der Waals surface area contributed by atoms with Crippen molar-refractivity contribution < 1.29 is 27.7 Å². The molecule has 0 aliphatic carbocycles. The van der Waals surface area contributed by atoms with Crippen molar-refractivity contribution in [2.75, 3.05) is 51.0 Å². The quantitative estimate of drug-likeness (QED) is 0.0335. The molecule has 14 nitrogen and oxygen atoms in total. The summed E-state index contributed by atoms with van der Waals surface area (Å²) in [5.74, 6) is 0.609. The van der Waals surface area contributed by atoms with E-state index in [0.717, 1.165) is 17.8 Å². The maximum atomic E-state index is 12.3. The van der Waals surface area contributed by atoms with E-state index in [1.807, 2.05) is 76.2 Å². The number of nitrogens with one attached hydrogen (secondary N) is 2. The summed E-state index contributed by atoms with van der Waals surface area (Å²) in [4.78, 5) is 32.7. The van der Waals surface area contributed by atoms with Crippen molar-refractivity contribution in [2.45, 2.75) is 40.2 Å². The van der Waals surface area contributed by atoms with Crippen molar-refractivity contribution in [1.29, 1.82) is 0 Å². The summed E-state index contributed by atoms with van der Waals surface area (Å²) >= 11 is 0. The predicted molar refractivity (Wildman–Crippen MR) is 186 cm³/mol. The molecule has 0 unspecified atom stereocenters. The highest BCUT2D eigenvalue weighted by Crippen LogP contribution is 2.27. The first kappa shape index (κ1) is 36.1. The molecule has 1 aromatic heterocycles. The summed E-state index contributed by atoms with van der Waals surface area (Å²) in [7, 11) is -2.73. The second-order valence-corrected chi connectivity index (χ2v) is 13.3. The Balaban J connectivity index is 1.22. The number of nitro benzene ring substituents is 1. The summed E-state index contributed by atoms with van der Waals surface area (Å²) in [6.07, 6.45) is 0.200. The zero-order valence-corrected chi connectivity index (χ0v) is 28.8. The first-order valence-corrected chi connectivity index (χ1v) is 18.1. The molecule has 4 rings (SSSR count). The number of aromatic amines is 1. The SMILES string of the molecule is CCO[Si](CCCNC(=O)OCCN(CC)c1ccc(N=Nc2ccc(-c3nc4ccc([N+](=O)[O-])cc4[nH]3)cc2)cc1)(OCC)OCC. The van der Waals surface area contributed by atoms with Crippen LogP contribution in [0.1, 0.15) is 34.1 Å². The van der Waals surface area contributed by atoms with Crippen LogP contribution in [-0.4, -0.2) is 75.9 Å². The van der Waals surface area contributed by atoms with E-state index in [4.69, 9.17) is 18.0 Å². The van der Waals surface area contributed by atoms with Crippen LogP contribution in [0.4, 0.5) is 27.5 Å². The Labute approximate surface area is 281 Å². The number of nitro groups is 1. The minimum Gasteiger partial charge on any atom is -0.448 e. The number of carbonyl (C=O) groups is 1. The second-order valence-electron chi connectivity index (χ2n) is 10.5. The Morgan fingerprint density at radius 1 is 0.938 bits per heavy atom. The number of hydrogen-bond donors (Lipinski definition) is 2. The fourth-order valence-electron chi connectivity index (χ4n) is 5.05. The minimum absolute atomic E-state index is 0.00736. The number of non-ortho nitro benzene ring substituents is 1. The molecule has 3 aromatic carbocycles. The summed E-state index contributed by atoms with van der Waals surface area (Å²) in [6, 6.07) is 20.2. The number of fused-ring (bicyclic) bond motifs is 1. The lowest BCUT2D eigenvalue weighted by Gasteiger charge is -2.28. The molecule has 1 heterocycles. The van der Waals surface area contributed by atoms with Crippen LogP contribution in [0, 0.1) is 10.1 Å². The normalized spacial score (nSPS) is 11.7. The molecule has 1 amide bonds. The van der Waals surface area contributed by atoms with E-state index < -0.39 is 19.8 Å². The number of benzene rings is 3. The number of carbonyl (C=O) groups excluding carboxylic acids is 1. The van der Waals surface area contributed by atoms with Gasteiger partial charge < -0.3 is 33.2 Å². The first-order valence-electron chi connectivity index (χ1n) is 16.1. The van der Waals surface area contributed by atoms with Gasteiger partial charge in [0.2, 0.25) is 0 Å². The van der Waals surface area contributed by atoms with Crippen LogP contribution < -0.4 is 10.2 Å². The number of likely N-dealkylation sites (N-methyl/N-ethyl adjacent to an activating group) is 1. The Kier molecular flexibility index (Phi) is 13.6. The average Bonchev–Trinajstić information content (AvgIpc) is 3.52. The Morgan fingerprint density at radius 3 is 2.15 bits per heavy atom. The van der Waals surface area contributed by atoms with E-state index in [1.54, 1.807) is 6.07 Å². The van der Waals surface area contributed by atoms with Gasteiger partial charge in [-0.05, 0) is 88.7 Å². The third kappa shape index (κ3) is 10.1. The van der Waals surface area contributed by atoms with E-state index >= 15 is 0 Å². The van der Waals surface area contributed by atoms with Gasteiger partial charge in [0.1, 0.15) is 12.4 Å². The molecule has 0 saturated carbocycles. The molecule has 0 saturated heterocycles. The Hall–Kier alpha value is -4.70. The largest absolute Gasteiger partial charge is 0.500 e. The van der Waals surface area contributed by atoms with Gasteiger partial charge >= 0.3 is 14.9 Å². The predicted octanol–water partition coefficient (Wildman–Crippen LogP) is 7.54. The molecule has 256 valence electrons.